The molecule has 2 aromatic heterocycles. The van der Waals surface area contributed by atoms with Crippen molar-refractivity contribution in [3.05, 3.63) is 45.6 Å². The number of hydrogen-bond donors (Lipinski definition) is 1. The summed E-state index contributed by atoms with van der Waals surface area (Å²) < 4.78 is 11.2. The van der Waals surface area contributed by atoms with Crippen LogP contribution in [0.2, 0.25) is 5.02 Å². The van der Waals surface area contributed by atoms with Crippen LogP contribution in [0.5, 0.6) is 11.5 Å². The maximum Gasteiger partial charge on any atom is 0.203 e. The zero-order chi connectivity index (χ0) is 18.4. The summed E-state index contributed by atoms with van der Waals surface area (Å²) in [5.74, 6) is 1.17. The van der Waals surface area contributed by atoms with E-state index in [0.717, 1.165) is 21.3 Å². The highest BCUT2D eigenvalue weighted by atomic mass is 35.5. The number of hydrogen-bond acceptors (Lipinski definition) is 7. The average Bonchev–Trinajstić information content (AvgIpc) is 3.29. The summed E-state index contributed by atoms with van der Waals surface area (Å²) in [6, 6.07) is 7.70. The molecule has 3 aromatic rings. The normalized spacial score (nSPS) is 11.0. The third-order valence-corrected chi connectivity index (χ3v) is 5.19. The molecule has 8 heteroatoms. The molecule has 2 heterocycles. The van der Waals surface area contributed by atoms with Crippen molar-refractivity contribution in [2.45, 2.75) is 13.8 Å². The number of rotatable bonds is 8. The van der Waals surface area contributed by atoms with Crippen molar-refractivity contribution in [1.29, 1.82) is 0 Å². The summed E-state index contributed by atoms with van der Waals surface area (Å²) in [4.78, 5) is 5.66. The van der Waals surface area contributed by atoms with E-state index in [4.69, 9.17) is 21.1 Å². The number of thiazole rings is 1. The van der Waals surface area contributed by atoms with E-state index in [1.807, 2.05) is 42.8 Å². The van der Waals surface area contributed by atoms with E-state index in [9.17, 15) is 0 Å². The highest BCUT2D eigenvalue weighted by molar-refractivity contribution is 7.15. The van der Waals surface area contributed by atoms with Crippen molar-refractivity contribution in [2.24, 2.45) is 5.10 Å². The molecule has 136 valence electrons. The van der Waals surface area contributed by atoms with Crippen molar-refractivity contribution >= 4 is 45.6 Å². The largest absolute Gasteiger partial charge is 0.490 e. The first-order valence-electron chi connectivity index (χ1n) is 8.08. The van der Waals surface area contributed by atoms with Crippen molar-refractivity contribution in [2.75, 3.05) is 18.6 Å². The first-order chi connectivity index (χ1) is 12.7. The number of thiophene rings is 1. The second-order valence-corrected chi connectivity index (χ2v) is 7.29. The minimum Gasteiger partial charge on any atom is -0.490 e. The molecule has 26 heavy (non-hydrogen) atoms. The minimum absolute atomic E-state index is 0.494. The molecular weight excluding hydrogens is 390 g/mol. The summed E-state index contributed by atoms with van der Waals surface area (Å²) in [6.45, 7) is 4.87. The van der Waals surface area contributed by atoms with E-state index >= 15 is 0 Å². The van der Waals surface area contributed by atoms with Gasteiger partial charge in [-0.05, 0) is 43.0 Å². The van der Waals surface area contributed by atoms with Crippen LogP contribution in [0.15, 0.2) is 40.1 Å². The van der Waals surface area contributed by atoms with Crippen LogP contribution < -0.4 is 14.9 Å². The number of hydrazone groups is 1. The van der Waals surface area contributed by atoms with Gasteiger partial charge in [0.15, 0.2) is 11.5 Å². The Morgan fingerprint density at radius 1 is 1.23 bits per heavy atom. The Hall–Kier alpha value is -2.09. The molecule has 1 N–H and O–H groups in total. The zero-order valence-electron chi connectivity index (χ0n) is 14.4. The Labute approximate surface area is 165 Å². The number of ether oxygens (including phenoxy) is 2. The molecule has 0 aliphatic heterocycles. The van der Waals surface area contributed by atoms with Crippen molar-refractivity contribution in [3.63, 3.8) is 0 Å². The van der Waals surface area contributed by atoms with E-state index in [1.165, 1.54) is 11.3 Å². The molecule has 0 fully saturated rings. The second kappa shape index (κ2) is 9.02. The molecule has 0 atom stereocenters. The molecule has 0 unspecified atom stereocenters. The highest BCUT2D eigenvalue weighted by Gasteiger charge is 2.11. The van der Waals surface area contributed by atoms with Gasteiger partial charge in [0.25, 0.3) is 0 Å². The van der Waals surface area contributed by atoms with Gasteiger partial charge in [-0.1, -0.05) is 17.7 Å². The van der Waals surface area contributed by atoms with Crippen LogP contribution in [0.25, 0.3) is 10.6 Å². The van der Waals surface area contributed by atoms with Crippen LogP contribution in [0.3, 0.4) is 0 Å². The molecule has 3 rings (SSSR count). The van der Waals surface area contributed by atoms with Crippen LogP contribution >= 0.6 is 34.3 Å². The van der Waals surface area contributed by atoms with Gasteiger partial charge in [0.2, 0.25) is 5.13 Å². The van der Waals surface area contributed by atoms with E-state index in [1.54, 1.807) is 23.6 Å². The van der Waals surface area contributed by atoms with E-state index in [0.29, 0.717) is 29.7 Å². The van der Waals surface area contributed by atoms with Gasteiger partial charge in [0.05, 0.1) is 35.0 Å². The number of nitrogens with zero attached hydrogens (tertiary/aromatic N) is 2. The molecule has 5 nitrogen and oxygen atoms in total. The molecule has 0 saturated carbocycles. The van der Waals surface area contributed by atoms with E-state index in [2.05, 4.69) is 15.5 Å². The predicted octanol–water partition coefficient (Wildman–Crippen LogP) is 5.77. The maximum absolute atomic E-state index is 6.31. The van der Waals surface area contributed by atoms with Crippen molar-refractivity contribution in [1.82, 2.24) is 4.98 Å². The molecule has 0 aliphatic carbocycles. The third kappa shape index (κ3) is 4.55. The van der Waals surface area contributed by atoms with Gasteiger partial charge in [0.1, 0.15) is 0 Å². The summed E-state index contributed by atoms with van der Waals surface area (Å²) in [6.07, 6.45) is 1.68. The van der Waals surface area contributed by atoms with Gasteiger partial charge in [-0.15, -0.1) is 22.7 Å². The summed E-state index contributed by atoms with van der Waals surface area (Å²) in [5, 5.41) is 9.51. The first-order valence-corrected chi connectivity index (χ1v) is 10.2. The summed E-state index contributed by atoms with van der Waals surface area (Å²) in [7, 11) is 0. The van der Waals surface area contributed by atoms with Gasteiger partial charge in [0, 0.05) is 5.38 Å². The zero-order valence-corrected chi connectivity index (χ0v) is 16.7. The van der Waals surface area contributed by atoms with E-state index < -0.39 is 0 Å². The van der Waals surface area contributed by atoms with Gasteiger partial charge in [-0.2, -0.15) is 5.10 Å². The summed E-state index contributed by atoms with van der Waals surface area (Å²) in [5.41, 5.74) is 4.71. The Morgan fingerprint density at radius 2 is 2.08 bits per heavy atom. The fourth-order valence-corrected chi connectivity index (χ4v) is 3.93. The SMILES string of the molecule is CCOc1cc(/C=N\Nc2nc(-c3cccs3)cs2)cc(Cl)c1OCC. The number of anilines is 1. The number of halogens is 1. The molecule has 0 saturated heterocycles. The lowest BCUT2D eigenvalue weighted by atomic mass is 10.2. The van der Waals surface area contributed by atoms with Gasteiger partial charge >= 0.3 is 0 Å². The quantitative estimate of drug-likeness (QED) is 0.380. The molecule has 1 aromatic carbocycles. The monoisotopic (exact) mass is 407 g/mol. The Morgan fingerprint density at radius 3 is 2.81 bits per heavy atom. The van der Waals surface area contributed by atoms with Crippen molar-refractivity contribution in [3.8, 4) is 22.1 Å². The lowest BCUT2D eigenvalue weighted by Gasteiger charge is -2.13. The Balaban J connectivity index is 1.72. The third-order valence-electron chi connectivity index (χ3n) is 3.27. The van der Waals surface area contributed by atoms with Gasteiger partial charge in [-0.3, -0.25) is 5.43 Å². The maximum atomic E-state index is 6.31. The lowest BCUT2D eigenvalue weighted by Crippen LogP contribution is -2.00. The molecule has 0 amide bonds. The van der Waals surface area contributed by atoms with Crippen LogP contribution in [0.1, 0.15) is 19.4 Å². The summed E-state index contributed by atoms with van der Waals surface area (Å²) >= 11 is 9.48. The van der Waals surface area contributed by atoms with Crippen molar-refractivity contribution < 1.29 is 9.47 Å². The predicted molar refractivity (Wildman–Crippen MR) is 110 cm³/mol. The topological polar surface area (TPSA) is 55.7 Å². The number of aromatic nitrogens is 1. The first kappa shape index (κ1) is 18.7. The van der Waals surface area contributed by atoms with Gasteiger partial charge in [-0.25, -0.2) is 4.98 Å². The Kier molecular flexibility index (Phi) is 6.49. The van der Waals surface area contributed by atoms with Crippen LogP contribution in [0, 0.1) is 0 Å². The lowest BCUT2D eigenvalue weighted by molar-refractivity contribution is 0.288. The number of benzene rings is 1. The molecule has 0 aliphatic rings. The second-order valence-electron chi connectivity index (χ2n) is 5.08. The molecule has 0 spiro atoms. The molecular formula is C18H18ClN3O2S2. The van der Waals surface area contributed by atoms with Crippen LogP contribution in [0.4, 0.5) is 5.13 Å². The Bertz CT molecular complexity index is 879. The van der Waals surface area contributed by atoms with Gasteiger partial charge < -0.3 is 9.47 Å². The fourth-order valence-electron chi connectivity index (χ4n) is 2.23. The minimum atomic E-state index is 0.494. The van der Waals surface area contributed by atoms with Crippen LogP contribution in [-0.2, 0) is 0 Å². The van der Waals surface area contributed by atoms with Crippen LogP contribution in [-0.4, -0.2) is 24.4 Å². The molecule has 0 bridgehead atoms. The molecule has 0 radical (unpaired) electrons. The standard InChI is InChI=1S/C18H18ClN3O2S2/c1-3-23-15-9-12(8-13(19)17(15)24-4-2)10-20-22-18-21-14(11-26-18)16-6-5-7-25-16/h5-11H,3-4H2,1-2H3,(H,21,22)/b20-10-. The smallest absolute Gasteiger partial charge is 0.203 e. The average molecular weight is 408 g/mol. The van der Waals surface area contributed by atoms with E-state index in [-0.39, 0.29) is 0 Å². The fraction of sp³-hybridized carbons (Fsp3) is 0.222. The number of nitrogens with one attached hydrogen (secondary N) is 1. The highest BCUT2D eigenvalue weighted by Crippen LogP contribution is 2.36.